The van der Waals surface area contributed by atoms with Gasteiger partial charge >= 0.3 is 6.03 Å². The summed E-state index contributed by atoms with van der Waals surface area (Å²) in [5.74, 6) is 1.32. The fraction of sp³-hybridized carbons (Fsp3) is 0.440. The third-order valence-corrected chi connectivity index (χ3v) is 13.4. The number of carbonyl (C=O) groups excluding carboxylic acids is 3. The highest BCUT2D eigenvalue weighted by atomic mass is 16.3. The number of urea groups is 1. The number of unbranched alkanes of at least 4 members (excludes halogenated alkanes) is 4. The van der Waals surface area contributed by atoms with E-state index in [0.717, 1.165) is 121 Å². The summed E-state index contributed by atoms with van der Waals surface area (Å²) in [5, 5.41) is 25.7. The van der Waals surface area contributed by atoms with Crippen LogP contribution in [0.2, 0.25) is 0 Å². The number of aliphatic hydroxyl groups excluding tert-OH is 1. The quantitative estimate of drug-likeness (QED) is 0.0984. The second kappa shape index (κ2) is 20.4. The van der Waals surface area contributed by atoms with Gasteiger partial charge in [-0.25, -0.2) is 9.78 Å². The van der Waals surface area contributed by atoms with Crippen LogP contribution in [0.1, 0.15) is 49.8 Å². The van der Waals surface area contributed by atoms with E-state index in [0.29, 0.717) is 25.5 Å². The number of para-hydroxylation sites is 1. The lowest BCUT2D eigenvalue weighted by Gasteiger charge is -2.35. The minimum atomic E-state index is -0.475. The molecule has 3 saturated heterocycles. The number of hydrogen-bond donors (Lipinski definition) is 3. The second-order valence-electron chi connectivity index (χ2n) is 17.8. The molecule has 6 aromatic rings. The van der Waals surface area contributed by atoms with Gasteiger partial charge in [0.2, 0.25) is 11.8 Å². The largest absolute Gasteiger partial charge is 0.395 e. The molecule has 0 unspecified atom stereocenters. The molecule has 3 aliphatic rings. The van der Waals surface area contributed by atoms with Crippen LogP contribution in [0.5, 0.6) is 0 Å². The fourth-order valence-electron chi connectivity index (χ4n) is 9.78. The monoisotopic (exact) mass is 895 g/mol. The normalized spacial score (nSPS) is 16.4. The number of amides is 4. The van der Waals surface area contributed by atoms with Gasteiger partial charge in [-0.1, -0.05) is 79.9 Å². The van der Waals surface area contributed by atoms with Crippen LogP contribution in [0.15, 0.2) is 78.9 Å². The number of β-amino-alcohol motifs (C(OH)–C–C–N with tert-alkyl or cyclic N) is 1. The van der Waals surface area contributed by atoms with Gasteiger partial charge in [-0.3, -0.25) is 34.3 Å². The summed E-state index contributed by atoms with van der Waals surface area (Å²) in [5.41, 5.74) is 9.00. The first kappa shape index (κ1) is 44.8. The Labute approximate surface area is 386 Å². The number of carbonyl (C=O) groups is 3. The number of fused-ring (bicyclic) bond motifs is 2. The van der Waals surface area contributed by atoms with Crippen LogP contribution in [-0.4, -0.2) is 147 Å². The first-order chi connectivity index (χ1) is 32.2. The summed E-state index contributed by atoms with van der Waals surface area (Å²) in [6.07, 6.45) is 7.14. The maximum absolute atomic E-state index is 13.3. The van der Waals surface area contributed by atoms with Crippen molar-refractivity contribution in [3.05, 3.63) is 90.1 Å². The number of imide groups is 1. The van der Waals surface area contributed by atoms with Crippen LogP contribution in [0.3, 0.4) is 0 Å². The van der Waals surface area contributed by atoms with Crippen LogP contribution in [0, 0.1) is 6.92 Å². The lowest BCUT2D eigenvalue weighted by Crippen LogP contribution is -2.50. The number of aryl methyl sites for hydroxylation is 3. The van der Waals surface area contributed by atoms with E-state index in [1.165, 1.54) is 29.7 Å². The number of nitrogens with one attached hydrogen (secondary N) is 2. The molecule has 4 amide bonds. The maximum atomic E-state index is 13.3. The fourth-order valence-corrected chi connectivity index (χ4v) is 9.78. The standard InChI is InChI=1S/C50H62N12O4/c1-36-46(49-52-42(38-15-8-6-9-16-38)34-44(62(49)54-36)59-27-23-58(24-28-59)31-32-63)39-17-11-14-37(33-39)13-7-4-3-5-10-21-57-25-29-60(30-26-57)45(65)35-51-41-19-12-18-40-47(41)56(2)55-48(40)61-22-20-43(64)53-50(61)66/h6,8-9,11-12,14-19,33-34,51,63H,3-5,7,10,13,20-32,35H2,1-2H3,(H,53,64,66). The van der Waals surface area contributed by atoms with Crippen molar-refractivity contribution in [2.24, 2.45) is 7.05 Å². The zero-order valence-corrected chi connectivity index (χ0v) is 38.3. The van der Waals surface area contributed by atoms with Crippen molar-refractivity contribution < 1.29 is 19.5 Å². The Bertz CT molecular complexity index is 2660. The number of aromatic nitrogens is 5. The van der Waals surface area contributed by atoms with Crippen molar-refractivity contribution in [2.75, 3.05) is 100 Å². The molecular weight excluding hydrogens is 833 g/mol. The van der Waals surface area contributed by atoms with Gasteiger partial charge in [-0.05, 0) is 56.0 Å². The number of piperazine rings is 2. The molecule has 0 spiro atoms. The number of aliphatic hydroxyl groups is 1. The molecule has 3 aromatic carbocycles. The van der Waals surface area contributed by atoms with E-state index in [9.17, 15) is 19.5 Å². The summed E-state index contributed by atoms with van der Waals surface area (Å²) < 4.78 is 3.75. The minimum Gasteiger partial charge on any atom is -0.395 e. The second-order valence-corrected chi connectivity index (χ2v) is 17.8. The zero-order valence-electron chi connectivity index (χ0n) is 38.3. The van der Waals surface area contributed by atoms with E-state index in [2.05, 4.69) is 92.0 Å². The highest BCUT2D eigenvalue weighted by Gasteiger charge is 2.29. The summed E-state index contributed by atoms with van der Waals surface area (Å²) in [6, 6.07) is 26.7. The maximum Gasteiger partial charge on any atom is 0.329 e. The van der Waals surface area contributed by atoms with Crippen molar-refractivity contribution in [1.29, 1.82) is 0 Å². The van der Waals surface area contributed by atoms with Gasteiger partial charge in [0, 0.05) is 101 Å². The van der Waals surface area contributed by atoms with Crippen molar-refractivity contribution in [2.45, 2.75) is 51.9 Å². The average Bonchev–Trinajstić information content (AvgIpc) is 3.86. The Kier molecular flexibility index (Phi) is 13.9. The van der Waals surface area contributed by atoms with Gasteiger partial charge in [0.1, 0.15) is 5.82 Å². The first-order valence-electron chi connectivity index (χ1n) is 23.7. The molecule has 346 valence electrons. The summed E-state index contributed by atoms with van der Waals surface area (Å²) in [7, 11) is 1.82. The van der Waals surface area contributed by atoms with Gasteiger partial charge in [-0.15, -0.1) is 0 Å². The van der Waals surface area contributed by atoms with Gasteiger partial charge in [-0.2, -0.15) is 14.7 Å². The summed E-state index contributed by atoms with van der Waals surface area (Å²) in [6.45, 7) is 11.2. The SMILES string of the molecule is Cc1nn2c(N3CCN(CCO)CC3)cc(-c3ccccc3)nc2c1-c1cccc(CCCCCCCN2CCN(C(=O)CNc3cccc4c(N5CCC(=O)NC5=O)nn(C)c34)CC2)c1. The van der Waals surface area contributed by atoms with E-state index in [1.54, 1.807) is 4.68 Å². The molecule has 3 fully saturated rings. The highest BCUT2D eigenvalue weighted by Crippen LogP contribution is 2.35. The molecule has 3 aromatic heterocycles. The molecule has 3 aliphatic heterocycles. The lowest BCUT2D eigenvalue weighted by molar-refractivity contribution is -0.131. The van der Waals surface area contributed by atoms with Crippen LogP contribution >= 0.6 is 0 Å². The Morgan fingerprint density at radius 1 is 0.773 bits per heavy atom. The van der Waals surface area contributed by atoms with Gasteiger partial charge in [0.05, 0.1) is 35.7 Å². The number of nitrogens with zero attached hydrogens (tertiary/aromatic N) is 10. The molecule has 0 bridgehead atoms. The molecule has 0 saturated carbocycles. The van der Waals surface area contributed by atoms with Gasteiger partial charge in [0.15, 0.2) is 11.5 Å². The van der Waals surface area contributed by atoms with E-state index < -0.39 is 6.03 Å². The highest BCUT2D eigenvalue weighted by molar-refractivity contribution is 6.10. The summed E-state index contributed by atoms with van der Waals surface area (Å²) in [4.78, 5) is 53.4. The average molecular weight is 895 g/mol. The molecule has 6 heterocycles. The van der Waals surface area contributed by atoms with Crippen molar-refractivity contribution in [3.63, 3.8) is 0 Å². The van der Waals surface area contributed by atoms with E-state index in [-0.39, 0.29) is 37.9 Å². The van der Waals surface area contributed by atoms with Crippen LogP contribution in [-0.2, 0) is 23.1 Å². The Balaban J connectivity index is 0.728. The Morgan fingerprint density at radius 2 is 1.50 bits per heavy atom. The third-order valence-electron chi connectivity index (χ3n) is 13.4. The van der Waals surface area contributed by atoms with Crippen molar-refractivity contribution >= 4 is 51.7 Å². The number of rotatable bonds is 17. The van der Waals surface area contributed by atoms with E-state index >= 15 is 0 Å². The molecule has 0 aliphatic carbocycles. The number of benzene rings is 3. The van der Waals surface area contributed by atoms with Crippen molar-refractivity contribution in [3.8, 4) is 22.4 Å². The number of hydrogen-bond acceptors (Lipinski definition) is 11. The molecule has 0 atom stereocenters. The van der Waals surface area contributed by atoms with Crippen LogP contribution in [0.4, 0.5) is 22.1 Å². The van der Waals surface area contributed by atoms with Gasteiger partial charge in [0.25, 0.3) is 0 Å². The molecule has 0 radical (unpaired) electrons. The van der Waals surface area contributed by atoms with E-state index in [1.807, 2.05) is 40.7 Å². The Morgan fingerprint density at radius 3 is 2.29 bits per heavy atom. The topological polar surface area (TPSA) is 160 Å². The van der Waals surface area contributed by atoms with Crippen LogP contribution in [0.25, 0.3) is 38.9 Å². The first-order valence-corrected chi connectivity index (χ1v) is 23.7. The lowest BCUT2D eigenvalue weighted by atomic mass is 9.99. The predicted octanol–water partition coefficient (Wildman–Crippen LogP) is 5.57. The minimum absolute atomic E-state index is 0.0610. The molecule has 66 heavy (non-hydrogen) atoms. The third kappa shape index (κ3) is 9.90. The smallest absolute Gasteiger partial charge is 0.329 e. The van der Waals surface area contributed by atoms with E-state index in [4.69, 9.17) is 10.1 Å². The zero-order chi connectivity index (χ0) is 45.6. The molecule has 3 N–H and O–H groups in total. The Hall–Kier alpha value is -6.36. The number of anilines is 3. The molecule has 16 nitrogen and oxygen atoms in total. The molecule has 9 rings (SSSR count). The van der Waals surface area contributed by atoms with Crippen molar-refractivity contribution in [1.82, 2.24) is 44.4 Å². The van der Waals surface area contributed by atoms with Crippen LogP contribution < -0.4 is 20.4 Å². The molecular formula is C50H62N12O4. The molecule has 16 heteroatoms. The predicted molar refractivity (Wildman–Crippen MR) is 259 cm³/mol. The summed E-state index contributed by atoms with van der Waals surface area (Å²) >= 11 is 0. The van der Waals surface area contributed by atoms with Gasteiger partial charge < -0.3 is 20.2 Å².